The van der Waals surface area contributed by atoms with E-state index in [1.807, 2.05) is 50.2 Å². The number of carbonyl (C=O) groups excluding carboxylic acids is 2. The third-order valence-electron chi connectivity index (χ3n) is 6.24. The van der Waals surface area contributed by atoms with E-state index in [4.69, 9.17) is 4.74 Å². The van der Waals surface area contributed by atoms with E-state index in [9.17, 15) is 14.7 Å². The van der Waals surface area contributed by atoms with Crippen molar-refractivity contribution in [3.05, 3.63) is 70.8 Å². The zero-order valence-corrected chi connectivity index (χ0v) is 21.8. The van der Waals surface area contributed by atoms with Gasteiger partial charge in [-0.2, -0.15) is 0 Å². The van der Waals surface area contributed by atoms with Crippen LogP contribution in [0.25, 0.3) is 5.76 Å². The van der Waals surface area contributed by atoms with Crippen LogP contribution < -0.4 is 4.74 Å². The number of amides is 1. The van der Waals surface area contributed by atoms with Gasteiger partial charge in [-0.05, 0) is 74.3 Å². The predicted octanol–water partition coefficient (Wildman–Crippen LogP) is 5.15. The Labute approximate surface area is 209 Å². The smallest absolute Gasteiger partial charge is 0.295 e. The van der Waals surface area contributed by atoms with Crippen LogP contribution in [0.3, 0.4) is 0 Å². The third-order valence-corrected chi connectivity index (χ3v) is 6.24. The number of carbonyl (C=O) groups is 2. The quantitative estimate of drug-likeness (QED) is 0.307. The Kier molecular flexibility index (Phi) is 8.39. The molecule has 1 saturated heterocycles. The van der Waals surface area contributed by atoms with Gasteiger partial charge in [0.2, 0.25) is 0 Å². The van der Waals surface area contributed by atoms with Gasteiger partial charge in [0.1, 0.15) is 11.5 Å². The second kappa shape index (κ2) is 11.1. The first-order chi connectivity index (χ1) is 16.5. The number of Topliss-reactive ketones (excluding diaryl/α,β-unsaturated/α-hetero) is 1. The molecule has 0 spiro atoms. The summed E-state index contributed by atoms with van der Waals surface area (Å²) in [5, 5.41) is 11.3. The van der Waals surface area contributed by atoms with E-state index in [0.29, 0.717) is 24.5 Å². The topological polar surface area (TPSA) is 70.1 Å². The van der Waals surface area contributed by atoms with Crippen molar-refractivity contribution in [2.75, 3.05) is 33.8 Å². The monoisotopic (exact) mass is 478 g/mol. The molecule has 1 N–H and O–H groups in total. The fourth-order valence-electron chi connectivity index (χ4n) is 4.26. The zero-order chi connectivity index (χ0) is 25.8. The summed E-state index contributed by atoms with van der Waals surface area (Å²) in [6.07, 6.45) is 1.62. The minimum atomic E-state index is -0.649. The van der Waals surface area contributed by atoms with Gasteiger partial charge in [0.05, 0.1) is 18.2 Å². The van der Waals surface area contributed by atoms with E-state index in [-0.39, 0.29) is 16.7 Å². The number of benzene rings is 2. The summed E-state index contributed by atoms with van der Waals surface area (Å²) in [6, 6.07) is 14.3. The van der Waals surface area contributed by atoms with Crippen molar-refractivity contribution in [2.45, 2.75) is 52.0 Å². The van der Waals surface area contributed by atoms with Gasteiger partial charge < -0.3 is 19.6 Å². The molecule has 1 heterocycles. The first-order valence-corrected chi connectivity index (χ1v) is 12.3. The summed E-state index contributed by atoms with van der Waals surface area (Å²) in [5.74, 6) is -0.686. The van der Waals surface area contributed by atoms with Crippen molar-refractivity contribution in [3.63, 3.8) is 0 Å². The number of hydrogen-bond acceptors (Lipinski definition) is 5. The maximum atomic E-state index is 13.2. The van der Waals surface area contributed by atoms with E-state index >= 15 is 0 Å². The Morgan fingerprint density at radius 3 is 2.20 bits per heavy atom. The van der Waals surface area contributed by atoms with Crippen LogP contribution in [-0.2, 0) is 15.0 Å². The number of aliphatic hydroxyl groups excluding tert-OH is 1. The van der Waals surface area contributed by atoms with Crippen LogP contribution in [-0.4, -0.2) is 60.4 Å². The molecule has 0 saturated carbocycles. The van der Waals surface area contributed by atoms with Crippen molar-refractivity contribution in [2.24, 2.45) is 0 Å². The second-order valence-corrected chi connectivity index (χ2v) is 10.4. The highest BCUT2D eigenvalue weighted by Crippen LogP contribution is 2.40. The fraction of sp³-hybridized carbons (Fsp3) is 0.448. The van der Waals surface area contributed by atoms with Crippen molar-refractivity contribution in [1.29, 1.82) is 0 Å². The van der Waals surface area contributed by atoms with Gasteiger partial charge in [0.25, 0.3) is 11.7 Å². The summed E-state index contributed by atoms with van der Waals surface area (Å²) >= 11 is 0. The van der Waals surface area contributed by atoms with Crippen LogP contribution in [0.5, 0.6) is 5.75 Å². The lowest BCUT2D eigenvalue weighted by Crippen LogP contribution is -2.32. The Hall–Kier alpha value is -3.12. The number of hydrogen-bond donors (Lipinski definition) is 1. The lowest BCUT2D eigenvalue weighted by atomic mass is 9.85. The summed E-state index contributed by atoms with van der Waals surface area (Å²) in [6.45, 7) is 10.3. The van der Waals surface area contributed by atoms with Crippen molar-refractivity contribution >= 4 is 17.4 Å². The molecular formula is C29H38N2O4. The van der Waals surface area contributed by atoms with E-state index in [2.05, 4.69) is 20.8 Å². The predicted molar refractivity (Wildman–Crippen MR) is 140 cm³/mol. The van der Waals surface area contributed by atoms with Crippen LogP contribution in [0.1, 0.15) is 63.3 Å². The number of rotatable bonds is 9. The van der Waals surface area contributed by atoms with Gasteiger partial charge in [0.15, 0.2) is 0 Å². The number of likely N-dealkylation sites (tertiary alicyclic amines) is 1. The molecule has 0 aromatic heterocycles. The maximum Gasteiger partial charge on any atom is 0.295 e. The molecule has 6 nitrogen and oxygen atoms in total. The first-order valence-electron chi connectivity index (χ1n) is 12.3. The van der Waals surface area contributed by atoms with Crippen LogP contribution in [0.4, 0.5) is 0 Å². The number of ether oxygens (including phenoxy) is 1. The molecule has 3 rings (SSSR count). The van der Waals surface area contributed by atoms with Gasteiger partial charge in [-0.1, -0.05) is 52.0 Å². The summed E-state index contributed by atoms with van der Waals surface area (Å²) in [7, 11) is 3.95. The molecule has 0 radical (unpaired) electrons. The van der Waals surface area contributed by atoms with E-state index in [1.54, 1.807) is 29.2 Å². The van der Waals surface area contributed by atoms with Crippen LogP contribution in [0.2, 0.25) is 0 Å². The molecule has 2 aromatic carbocycles. The molecule has 6 heteroatoms. The highest BCUT2D eigenvalue weighted by molar-refractivity contribution is 6.46. The SMILES string of the molecule is CCCOc1ccc(/C(O)=C2\C(=O)C(=O)N(CCCN(C)C)[C@H]2c2ccc(C(C)(C)C)cc2)cc1. The molecule has 0 bridgehead atoms. The Morgan fingerprint density at radius 2 is 1.66 bits per heavy atom. The Bertz CT molecular complexity index is 1060. The van der Waals surface area contributed by atoms with Crippen LogP contribution in [0.15, 0.2) is 54.1 Å². The van der Waals surface area contributed by atoms with Crippen molar-refractivity contribution in [1.82, 2.24) is 9.80 Å². The fourth-order valence-corrected chi connectivity index (χ4v) is 4.26. The molecule has 1 aliphatic heterocycles. The van der Waals surface area contributed by atoms with Crippen molar-refractivity contribution in [3.8, 4) is 5.75 Å². The molecule has 2 aromatic rings. The Balaban J connectivity index is 2.04. The van der Waals surface area contributed by atoms with Gasteiger partial charge in [-0.15, -0.1) is 0 Å². The molecule has 1 fully saturated rings. The van der Waals surface area contributed by atoms with E-state index < -0.39 is 17.7 Å². The molecule has 1 amide bonds. The average Bonchev–Trinajstić information content (AvgIpc) is 3.07. The molecule has 188 valence electrons. The number of aliphatic hydroxyl groups is 1. The molecule has 0 aliphatic carbocycles. The standard InChI is InChI=1S/C29H38N2O4/c1-7-19-35-23-15-11-21(12-16-23)26(32)24-25(20-9-13-22(14-10-20)29(2,3)4)31(28(34)27(24)33)18-8-17-30(5)6/h9-16,25,32H,7-8,17-19H2,1-6H3/b26-24+/t25-/m0/s1. The minimum absolute atomic E-state index is 0.0202. The van der Waals surface area contributed by atoms with E-state index in [1.165, 1.54) is 0 Å². The summed E-state index contributed by atoms with van der Waals surface area (Å²) < 4.78 is 5.63. The molecule has 1 atom stereocenters. The number of ketones is 1. The third kappa shape index (κ3) is 6.12. The second-order valence-electron chi connectivity index (χ2n) is 10.4. The van der Waals surface area contributed by atoms with Crippen molar-refractivity contribution < 1.29 is 19.4 Å². The molecule has 1 aliphatic rings. The van der Waals surface area contributed by atoms with Crippen LogP contribution >= 0.6 is 0 Å². The maximum absolute atomic E-state index is 13.2. The summed E-state index contributed by atoms with van der Waals surface area (Å²) in [4.78, 5) is 30.0. The van der Waals surface area contributed by atoms with Gasteiger partial charge in [-0.25, -0.2) is 0 Å². The van der Waals surface area contributed by atoms with Gasteiger partial charge >= 0.3 is 0 Å². The van der Waals surface area contributed by atoms with Crippen LogP contribution in [0, 0.1) is 0 Å². The lowest BCUT2D eigenvalue weighted by molar-refractivity contribution is -0.139. The molecular weight excluding hydrogens is 440 g/mol. The normalized spacial score (nSPS) is 17.9. The van der Waals surface area contributed by atoms with E-state index in [0.717, 1.165) is 30.5 Å². The summed E-state index contributed by atoms with van der Waals surface area (Å²) in [5.41, 5.74) is 2.57. The Morgan fingerprint density at radius 1 is 1.03 bits per heavy atom. The lowest BCUT2D eigenvalue weighted by Gasteiger charge is -2.27. The molecule has 0 unspecified atom stereocenters. The average molecular weight is 479 g/mol. The highest BCUT2D eigenvalue weighted by atomic mass is 16.5. The first kappa shape index (κ1) is 26.5. The largest absolute Gasteiger partial charge is 0.507 e. The highest BCUT2D eigenvalue weighted by Gasteiger charge is 2.45. The minimum Gasteiger partial charge on any atom is -0.507 e. The van der Waals surface area contributed by atoms with Gasteiger partial charge in [-0.3, -0.25) is 9.59 Å². The molecule has 35 heavy (non-hydrogen) atoms. The zero-order valence-electron chi connectivity index (χ0n) is 21.8. The number of nitrogens with zero attached hydrogens (tertiary/aromatic N) is 2. The van der Waals surface area contributed by atoms with Gasteiger partial charge in [0, 0.05) is 12.1 Å².